The summed E-state index contributed by atoms with van der Waals surface area (Å²) in [7, 11) is 0. The molecular formula is C22H23NO3. The van der Waals surface area contributed by atoms with Crippen molar-refractivity contribution in [2.75, 3.05) is 11.9 Å². The van der Waals surface area contributed by atoms with Gasteiger partial charge in [0.15, 0.2) is 0 Å². The van der Waals surface area contributed by atoms with Crippen molar-refractivity contribution in [3.63, 3.8) is 0 Å². The molecule has 0 aromatic heterocycles. The molecule has 0 saturated heterocycles. The van der Waals surface area contributed by atoms with E-state index < -0.39 is 10.9 Å². The first-order chi connectivity index (χ1) is 12.4. The van der Waals surface area contributed by atoms with Crippen LogP contribution >= 0.6 is 0 Å². The van der Waals surface area contributed by atoms with E-state index in [2.05, 4.69) is 11.4 Å². The zero-order chi connectivity index (χ0) is 18.8. The highest BCUT2D eigenvalue weighted by Gasteiger charge is 2.23. The molecule has 0 aliphatic rings. The third kappa shape index (κ3) is 3.27. The Morgan fingerprint density at radius 3 is 2.19 bits per heavy atom. The Hall–Kier alpha value is -2.88. The topological polar surface area (TPSA) is 55.4 Å². The minimum Gasteiger partial charge on any atom is -0.494 e. The first-order valence-electron chi connectivity index (χ1n) is 8.79. The van der Waals surface area contributed by atoms with Gasteiger partial charge in [0.2, 0.25) is 10.9 Å². The second-order valence-corrected chi connectivity index (χ2v) is 6.59. The lowest BCUT2D eigenvalue weighted by Gasteiger charge is -2.16. The third-order valence-corrected chi connectivity index (χ3v) is 4.72. The summed E-state index contributed by atoms with van der Waals surface area (Å²) in [6.07, 6.45) is 0. The highest BCUT2D eigenvalue weighted by molar-refractivity contribution is 5.84. The Morgan fingerprint density at radius 1 is 0.885 bits per heavy atom. The molecule has 4 heteroatoms. The number of rotatable bonds is 6. The van der Waals surface area contributed by atoms with E-state index in [9.17, 15) is 9.59 Å². The highest BCUT2D eigenvalue weighted by Crippen LogP contribution is 2.29. The maximum Gasteiger partial charge on any atom is 0.250 e. The summed E-state index contributed by atoms with van der Waals surface area (Å²) in [6.45, 7) is 9.07. The van der Waals surface area contributed by atoms with Gasteiger partial charge in [-0.3, -0.25) is 9.59 Å². The molecule has 3 rings (SSSR count). The van der Waals surface area contributed by atoms with Crippen LogP contribution in [-0.2, 0) is 6.54 Å². The Labute approximate surface area is 153 Å². The van der Waals surface area contributed by atoms with Gasteiger partial charge in [-0.2, -0.15) is 0 Å². The lowest BCUT2D eigenvalue weighted by atomic mass is 9.91. The lowest BCUT2D eigenvalue weighted by molar-refractivity contribution is 0.340. The van der Waals surface area contributed by atoms with E-state index in [1.165, 1.54) is 5.56 Å². The maximum atomic E-state index is 12.2. The molecule has 0 unspecified atom stereocenters. The summed E-state index contributed by atoms with van der Waals surface area (Å²) in [5.74, 6) is 0.816. The molecule has 1 N–H and O–H groups in total. The number of hydrogen-bond acceptors (Lipinski definition) is 4. The van der Waals surface area contributed by atoms with E-state index in [1.807, 2.05) is 58.0 Å². The number of nitrogens with one attached hydrogen (secondary N) is 1. The summed E-state index contributed by atoms with van der Waals surface area (Å²) in [5, 5.41) is 3.15. The first-order valence-corrected chi connectivity index (χ1v) is 8.79. The Balaban J connectivity index is 1.85. The average molecular weight is 349 g/mol. The molecule has 0 heterocycles. The second kappa shape index (κ2) is 7.16. The molecule has 0 aliphatic carbocycles. The molecule has 0 spiro atoms. The molecule has 0 saturated carbocycles. The van der Waals surface area contributed by atoms with Gasteiger partial charge in [0.05, 0.1) is 17.9 Å². The number of benzene rings is 2. The maximum absolute atomic E-state index is 12.2. The summed E-state index contributed by atoms with van der Waals surface area (Å²) in [5.41, 5.74) is 5.20. The van der Waals surface area contributed by atoms with Gasteiger partial charge in [0, 0.05) is 6.54 Å². The fourth-order valence-electron chi connectivity index (χ4n) is 3.11. The molecule has 0 fully saturated rings. The van der Waals surface area contributed by atoms with Gasteiger partial charge in [0.1, 0.15) is 5.75 Å². The molecular weight excluding hydrogens is 326 g/mol. The van der Waals surface area contributed by atoms with Gasteiger partial charge in [-0.15, -0.1) is 0 Å². The van der Waals surface area contributed by atoms with Crippen molar-refractivity contribution in [1.29, 1.82) is 0 Å². The molecule has 3 aromatic rings. The lowest BCUT2D eigenvalue weighted by Crippen LogP contribution is -2.36. The van der Waals surface area contributed by atoms with Gasteiger partial charge >= 0.3 is 0 Å². The Morgan fingerprint density at radius 2 is 1.54 bits per heavy atom. The van der Waals surface area contributed by atoms with Crippen LogP contribution in [-0.4, -0.2) is 6.61 Å². The summed E-state index contributed by atoms with van der Waals surface area (Å²) in [6, 6.07) is 11.7. The molecule has 134 valence electrons. The smallest absolute Gasteiger partial charge is 0.250 e. The van der Waals surface area contributed by atoms with Crippen LogP contribution < -0.4 is 20.9 Å². The fourth-order valence-corrected chi connectivity index (χ4v) is 3.11. The monoisotopic (exact) mass is 349 g/mol. The van der Waals surface area contributed by atoms with E-state index in [0.717, 1.165) is 28.0 Å². The fraction of sp³-hybridized carbons (Fsp3) is 0.273. The number of anilines is 1. The minimum atomic E-state index is -0.441. The quantitative estimate of drug-likeness (QED) is 0.686. The van der Waals surface area contributed by atoms with Crippen LogP contribution in [0, 0.1) is 20.8 Å². The summed E-state index contributed by atoms with van der Waals surface area (Å²) >= 11 is 0. The number of hydrogen-bond donors (Lipinski definition) is 1. The minimum absolute atomic E-state index is 0.412. The summed E-state index contributed by atoms with van der Waals surface area (Å²) in [4.78, 5) is 24.3. The predicted molar refractivity (Wildman–Crippen MR) is 106 cm³/mol. The van der Waals surface area contributed by atoms with Crippen LogP contribution in [0.1, 0.15) is 29.2 Å². The first kappa shape index (κ1) is 17.9. The zero-order valence-corrected chi connectivity index (χ0v) is 15.6. The van der Waals surface area contributed by atoms with Gasteiger partial charge in [-0.1, -0.05) is 24.3 Å². The molecule has 0 atom stereocenters. The number of aryl methyl sites for hydroxylation is 3. The van der Waals surface area contributed by atoms with Crippen molar-refractivity contribution in [1.82, 2.24) is 0 Å². The van der Waals surface area contributed by atoms with Crippen LogP contribution in [0.25, 0.3) is 11.1 Å². The van der Waals surface area contributed by atoms with Crippen molar-refractivity contribution < 1.29 is 4.74 Å². The summed E-state index contributed by atoms with van der Waals surface area (Å²) < 4.78 is 5.43. The van der Waals surface area contributed by atoms with Gasteiger partial charge < -0.3 is 10.1 Å². The molecule has 0 aliphatic heterocycles. The molecule has 26 heavy (non-hydrogen) atoms. The largest absolute Gasteiger partial charge is 0.494 e. The molecule has 0 bridgehead atoms. The average Bonchev–Trinajstić information content (AvgIpc) is 2.63. The van der Waals surface area contributed by atoms with Gasteiger partial charge in [-0.25, -0.2) is 0 Å². The molecule has 3 aromatic carbocycles. The zero-order valence-electron chi connectivity index (χ0n) is 15.6. The van der Waals surface area contributed by atoms with Crippen LogP contribution in [0.15, 0.2) is 46.0 Å². The van der Waals surface area contributed by atoms with Gasteiger partial charge in [0.25, 0.3) is 0 Å². The van der Waals surface area contributed by atoms with Crippen molar-refractivity contribution in [2.24, 2.45) is 0 Å². The van der Waals surface area contributed by atoms with Crippen LogP contribution in [0.3, 0.4) is 0 Å². The van der Waals surface area contributed by atoms with Crippen molar-refractivity contribution in [3.8, 4) is 16.9 Å². The van der Waals surface area contributed by atoms with Crippen molar-refractivity contribution in [3.05, 3.63) is 79.1 Å². The van der Waals surface area contributed by atoms with Crippen molar-refractivity contribution >= 4 is 5.69 Å². The number of ether oxygens (including phenoxy) is 1. The normalized spacial score (nSPS) is 10.9. The SMILES string of the molecule is CCOc1ccc(CNc2c(-c3cc(C)c(C)cc3C)c(=O)c2=O)cc1. The van der Waals surface area contributed by atoms with Crippen LogP contribution in [0.5, 0.6) is 5.75 Å². The van der Waals surface area contributed by atoms with Gasteiger partial charge in [-0.05, 0) is 67.6 Å². The second-order valence-electron chi connectivity index (χ2n) is 6.59. The van der Waals surface area contributed by atoms with E-state index in [1.54, 1.807) is 0 Å². The third-order valence-electron chi connectivity index (χ3n) is 4.72. The Bertz CT molecular complexity index is 1010. The highest BCUT2D eigenvalue weighted by atomic mass is 16.5. The van der Waals surface area contributed by atoms with E-state index in [0.29, 0.717) is 24.4 Å². The molecule has 4 nitrogen and oxygen atoms in total. The van der Waals surface area contributed by atoms with E-state index >= 15 is 0 Å². The molecule has 0 amide bonds. The molecule has 0 radical (unpaired) electrons. The standard InChI is InChI=1S/C22H23NO3/c1-5-26-17-8-6-16(7-9-17)12-23-20-19(21(24)22(20)25)18-11-14(3)13(2)10-15(18)4/h6-11,23H,5,12H2,1-4H3. The van der Waals surface area contributed by atoms with E-state index in [-0.39, 0.29) is 0 Å². The van der Waals surface area contributed by atoms with Crippen molar-refractivity contribution in [2.45, 2.75) is 34.2 Å². The predicted octanol–water partition coefficient (Wildman–Crippen LogP) is 3.89. The van der Waals surface area contributed by atoms with Crippen LogP contribution in [0.2, 0.25) is 0 Å². The van der Waals surface area contributed by atoms with Crippen LogP contribution in [0.4, 0.5) is 5.69 Å². The van der Waals surface area contributed by atoms with E-state index in [4.69, 9.17) is 4.74 Å². The Kier molecular flexibility index (Phi) is 4.94.